The summed E-state index contributed by atoms with van der Waals surface area (Å²) in [5.41, 5.74) is 4.89. The summed E-state index contributed by atoms with van der Waals surface area (Å²) in [5, 5.41) is 0. The Balaban J connectivity index is 0.000000226. The third kappa shape index (κ3) is 9.82. The van der Waals surface area contributed by atoms with Crippen molar-refractivity contribution < 1.29 is 8.78 Å². The first kappa shape index (κ1) is 25.6. The van der Waals surface area contributed by atoms with Crippen LogP contribution in [-0.2, 0) is 0 Å². The van der Waals surface area contributed by atoms with Crippen molar-refractivity contribution in [2.75, 3.05) is 0 Å². The third-order valence-electron chi connectivity index (χ3n) is 4.73. The Morgan fingerprint density at radius 1 is 0.500 bits per heavy atom. The van der Waals surface area contributed by atoms with Crippen LogP contribution < -0.4 is 0 Å². The Kier molecular flexibility index (Phi) is 11.0. The van der Waals surface area contributed by atoms with Crippen LogP contribution in [-0.4, -0.2) is 0 Å². The van der Waals surface area contributed by atoms with Crippen molar-refractivity contribution in [1.29, 1.82) is 0 Å². The first-order valence-electron chi connectivity index (χ1n) is 10.7. The van der Waals surface area contributed by atoms with Crippen molar-refractivity contribution in [3.05, 3.63) is 107 Å². The van der Waals surface area contributed by atoms with Crippen LogP contribution in [0.25, 0.3) is 0 Å². The van der Waals surface area contributed by atoms with Gasteiger partial charge in [-0.15, -0.1) is 0 Å². The molecular weight excluding hydrogens is 374 g/mol. The Morgan fingerprint density at radius 2 is 0.967 bits per heavy atom. The van der Waals surface area contributed by atoms with E-state index in [1.807, 2.05) is 19.9 Å². The molecule has 0 saturated carbocycles. The average Bonchev–Trinajstić information content (AvgIpc) is 2.69. The second-order valence-electron chi connectivity index (χ2n) is 8.49. The molecule has 162 valence electrons. The average molecular weight is 411 g/mol. The fraction of sp³-hybridized carbons (Fsp3) is 0.357. The lowest BCUT2D eigenvalue weighted by Gasteiger charge is -2.04. The maximum absolute atomic E-state index is 12.5. The fourth-order valence-corrected chi connectivity index (χ4v) is 2.78. The second kappa shape index (κ2) is 13.0. The van der Waals surface area contributed by atoms with Gasteiger partial charge in [-0.25, -0.2) is 8.78 Å². The van der Waals surface area contributed by atoms with E-state index in [1.165, 1.54) is 28.8 Å². The molecule has 0 saturated heterocycles. The van der Waals surface area contributed by atoms with Gasteiger partial charge in [0.05, 0.1) is 0 Å². The molecule has 0 aliphatic heterocycles. The van der Waals surface area contributed by atoms with Gasteiger partial charge in [-0.3, -0.25) is 0 Å². The number of aryl methyl sites for hydroxylation is 1. The van der Waals surface area contributed by atoms with Crippen LogP contribution >= 0.6 is 0 Å². The van der Waals surface area contributed by atoms with Gasteiger partial charge in [0, 0.05) is 6.07 Å². The van der Waals surface area contributed by atoms with E-state index in [4.69, 9.17) is 0 Å². The van der Waals surface area contributed by atoms with Crippen molar-refractivity contribution in [2.45, 2.75) is 66.2 Å². The lowest BCUT2D eigenvalue weighted by Crippen LogP contribution is -1.90. The molecule has 0 atom stereocenters. The SMILES string of the molecule is CC(C)c1cc(F)cc(F)c1.CC(C)c1ccccc1.Cc1cccc(C(C)C)c1. The highest BCUT2D eigenvalue weighted by Crippen LogP contribution is 2.17. The lowest BCUT2D eigenvalue weighted by molar-refractivity contribution is 0.577. The first-order chi connectivity index (χ1) is 14.1. The maximum Gasteiger partial charge on any atom is 0.126 e. The van der Waals surface area contributed by atoms with Gasteiger partial charge in [0.1, 0.15) is 11.6 Å². The summed E-state index contributed by atoms with van der Waals surface area (Å²) in [4.78, 5) is 0. The highest BCUT2D eigenvalue weighted by atomic mass is 19.1. The minimum Gasteiger partial charge on any atom is -0.207 e. The van der Waals surface area contributed by atoms with Crippen LogP contribution in [0.2, 0.25) is 0 Å². The van der Waals surface area contributed by atoms with Crippen LogP contribution in [0.15, 0.2) is 72.8 Å². The molecule has 0 N–H and O–H groups in total. The van der Waals surface area contributed by atoms with Crippen LogP contribution in [0.1, 0.15) is 81.5 Å². The molecule has 0 aromatic heterocycles. The molecule has 0 radical (unpaired) electrons. The molecule has 0 spiro atoms. The van der Waals surface area contributed by atoms with Crippen LogP contribution in [0.4, 0.5) is 8.78 Å². The van der Waals surface area contributed by atoms with E-state index in [2.05, 4.69) is 83.1 Å². The van der Waals surface area contributed by atoms with Crippen molar-refractivity contribution in [3.8, 4) is 0 Å². The van der Waals surface area contributed by atoms with E-state index >= 15 is 0 Å². The van der Waals surface area contributed by atoms with Gasteiger partial charge in [0.2, 0.25) is 0 Å². The summed E-state index contributed by atoms with van der Waals surface area (Å²) >= 11 is 0. The molecule has 0 heterocycles. The Bertz CT molecular complexity index is 845. The standard InChI is InChI=1S/C10H14.C9H10F2.C9H12/c1-8(2)10-6-4-5-9(3)7-10;1-6(2)7-3-8(10)5-9(11)4-7;1-8(2)9-6-4-3-5-7-9/h4-8H,1-3H3;3-6H,1-2H3;3-8H,1-2H3. The summed E-state index contributed by atoms with van der Waals surface area (Å²) in [6, 6.07) is 22.8. The number of hydrogen-bond donors (Lipinski definition) is 0. The highest BCUT2D eigenvalue weighted by Gasteiger charge is 2.03. The normalized spacial score (nSPS) is 10.4. The minimum atomic E-state index is -0.506. The van der Waals surface area contributed by atoms with Crippen molar-refractivity contribution in [3.63, 3.8) is 0 Å². The van der Waals surface area contributed by atoms with Crippen molar-refractivity contribution >= 4 is 0 Å². The molecule has 3 aromatic rings. The van der Waals surface area contributed by atoms with Gasteiger partial charge >= 0.3 is 0 Å². The largest absolute Gasteiger partial charge is 0.207 e. The van der Waals surface area contributed by atoms with Gasteiger partial charge in [-0.2, -0.15) is 0 Å². The Morgan fingerprint density at radius 3 is 1.33 bits per heavy atom. The van der Waals surface area contributed by atoms with E-state index in [0.29, 0.717) is 17.4 Å². The molecule has 0 aliphatic rings. The fourth-order valence-electron chi connectivity index (χ4n) is 2.78. The van der Waals surface area contributed by atoms with Crippen LogP contribution in [0, 0.1) is 18.6 Å². The molecular formula is C28H36F2. The summed E-state index contributed by atoms with van der Waals surface area (Å²) in [7, 11) is 0. The Hall–Kier alpha value is -2.48. The predicted octanol–water partition coefficient (Wildman–Crippen LogP) is 9.02. The van der Waals surface area contributed by atoms with Gasteiger partial charge in [0.15, 0.2) is 0 Å². The first-order valence-corrected chi connectivity index (χ1v) is 10.7. The molecule has 2 heteroatoms. The van der Waals surface area contributed by atoms with Crippen molar-refractivity contribution in [1.82, 2.24) is 0 Å². The third-order valence-corrected chi connectivity index (χ3v) is 4.73. The molecule has 0 amide bonds. The van der Waals surface area contributed by atoms with Gasteiger partial charge in [-0.05, 0) is 53.5 Å². The molecule has 0 bridgehead atoms. The van der Waals surface area contributed by atoms with Crippen molar-refractivity contribution in [2.24, 2.45) is 0 Å². The molecule has 3 aromatic carbocycles. The summed E-state index contributed by atoms with van der Waals surface area (Å²) in [6.45, 7) is 14.8. The van der Waals surface area contributed by atoms with E-state index in [9.17, 15) is 8.78 Å². The summed E-state index contributed by atoms with van der Waals surface area (Å²) in [5.74, 6) is 0.466. The predicted molar refractivity (Wildman–Crippen MR) is 126 cm³/mol. The van der Waals surface area contributed by atoms with Crippen LogP contribution in [0.3, 0.4) is 0 Å². The van der Waals surface area contributed by atoms with Gasteiger partial charge in [0.25, 0.3) is 0 Å². The minimum absolute atomic E-state index is 0.167. The molecule has 0 aliphatic carbocycles. The molecule has 0 unspecified atom stereocenters. The van der Waals surface area contributed by atoms with Gasteiger partial charge in [-0.1, -0.05) is 102 Å². The van der Waals surface area contributed by atoms with Crippen LogP contribution in [0.5, 0.6) is 0 Å². The van der Waals surface area contributed by atoms with E-state index in [1.54, 1.807) is 0 Å². The molecule has 0 fully saturated rings. The van der Waals surface area contributed by atoms with Gasteiger partial charge < -0.3 is 0 Å². The zero-order valence-corrected chi connectivity index (χ0v) is 19.4. The highest BCUT2D eigenvalue weighted by molar-refractivity contribution is 5.24. The zero-order valence-electron chi connectivity index (χ0n) is 19.4. The zero-order chi connectivity index (χ0) is 22.7. The van der Waals surface area contributed by atoms with E-state index in [-0.39, 0.29) is 5.92 Å². The molecule has 30 heavy (non-hydrogen) atoms. The number of halogens is 2. The summed E-state index contributed by atoms with van der Waals surface area (Å²) < 4.78 is 25.1. The smallest absolute Gasteiger partial charge is 0.126 e. The Labute approximate surface area is 182 Å². The number of benzene rings is 3. The quantitative estimate of drug-likeness (QED) is 0.404. The number of rotatable bonds is 3. The van der Waals surface area contributed by atoms with E-state index in [0.717, 1.165) is 6.07 Å². The number of hydrogen-bond acceptors (Lipinski definition) is 0. The second-order valence-corrected chi connectivity index (χ2v) is 8.49. The monoisotopic (exact) mass is 410 g/mol. The summed E-state index contributed by atoms with van der Waals surface area (Å²) in [6.07, 6.45) is 0. The lowest BCUT2D eigenvalue weighted by atomic mass is 10.0. The van der Waals surface area contributed by atoms with E-state index < -0.39 is 11.6 Å². The topological polar surface area (TPSA) is 0 Å². The molecule has 0 nitrogen and oxygen atoms in total. The maximum atomic E-state index is 12.5. The molecule has 3 rings (SSSR count).